The van der Waals surface area contributed by atoms with Crippen LogP contribution >= 0.6 is 34.5 Å². The van der Waals surface area contributed by atoms with Crippen LogP contribution in [0.25, 0.3) is 10.2 Å². The molecule has 1 amide bonds. The van der Waals surface area contributed by atoms with Crippen LogP contribution in [0, 0.1) is 12.8 Å². The van der Waals surface area contributed by atoms with Gasteiger partial charge in [0.2, 0.25) is 0 Å². The van der Waals surface area contributed by atoms with Gasteiger partial charge in [-0.05, 0) is 44.7 Å². The molecule has 0 spiro atoms. The molecule has 3 N–H and O–H groups in total. The van der Waals surface area contributed by atoms with E-state index in [9.17, 15) is 14.7 Å². The maximum Gasteiger partial charge on any atom is 0.335 e. The van der Waals surface area contributed by atoms with Gasteiger partial charge in [-0.1, -0.05) is 34.5 Å². The van der Waals surface area contributed by atoms with Crippen molar-refractivity contribution in [3.8, 4) is 5.75 Å². The van der Waals surface area contributed by atoms with Gasteiger partial charge in [-0.25, -0.2) is 9.78 Å². The van der Waals surface area contributed by atoms with Crippen LogP contribution in [0.3, 0.4) is 0 Å². The zero-order chi connectivity index (χ0) is 20.9. The SMILES string of the molecule is Cc1[nH]c(C(=O)Nc2nc3c(OC(C)C4CC4)cc(C(=O)O)cc3s2)c(Cl)c1Cl. The summed E-state index contributed by atoms with van der Waals surface area (Å²) < 4.78 is 6.61. The minimum absolute atomic E-state index is 0.0372. The molecular formula is C19H17Cl2N3O4S. The van der Waals surface area contributed by atoms with Crippen molar-refractivity contribution in [3.05, 3.63) is 39.1 Å². The third-order valence-corrected chi connectivity index (χ3v) is 6.67. The summed E-state index contributed by atoms with van der Waals surface area (Å²) in [6.45, 7) is 3.67. The maximum atomic E-state index is 12.6. The summed E-state index contributed by atoms with van der Waals surface area (Å²) in [5.41, 5.74) is 1.34. The lowest BCUT2D eigenvalue weighted by molar-refractivity contribution is 0.0696. The summed E-state index contributed by atoms with van der Waals surface area (Å²) in [5.74, 6) is -0.679. The fourth-order valence-electron chi connectivity index (χ4n) is 3.02. The molecule has 3 aromatic rings. The Kier molecular flexibility index (Phi) is 5.18. The second kappa shape index (κ2) is 7.51. The number of carboxylic acid groups (broad SMARTS) is 1. The topological polar surface area (TPSA) is 104 Å². The van der Waals surface area contributed by atoms with Gasteiger partial charge < -0.3 is 14.8 Å². The number of aromatic carboxylic acids is 1. The van der Waals surface area contributed by atoms with Crippen LogP contribution in [-0.4, -0.2) is 33.1 Å². The van der Waals surface area contributed by atoms with Crippen LogP contribution in [0.4, 0.5) is 5.13 Å². The average molecular weight is 454 g/mol. The van der Waals surface area contributed by atoms with Gasteiger partial charge in [-0.15, -0.1) is 0 Å². The number of carboxylic acids is 1. The number of hydrogen-bond donors (Lipinski definition) is 3. The number of aromatic amines is 1. The second-order valence-corrected chi connectivity index (χ2v) is 8.80. The molecule has 2 heterocycles. The fraction of sp³-hybridized carbons (Fsp3) is 0.316. The molecule has 1 aliphatic carbocycles. The molecule has 1 saturated carbocycles. The van der Waals surface area contributed by atoms with E-state index in [2.05, 4.69) is 15.3 Å². The van der Waals surface area contributed by atoms with Gasteiger partial charge in [0.1, 0.15) is 17.0 Å². The lowest BCUT2D eigenvalue weighted by Crippen LogP contribution is -2.14. The zero-order valence-corrected chi connectivity index (χ0v) is 17.8. The van der Waals surface area contributed by atoms with Gasteiger partial charge in [0.15, 0.2) is 5.13 Å². The normalized spacial score (nSPS) is 14.8. The van der Waals surface area contributed by atoms with E-state index in [4.69, 9.17) is 27.9 Å². The van der Waals surface area contributed by atoms with Crippen LogP contribution < -0.4 is 10.1 Å². The largest absolute Gasteiger partial charge is 0.488 e. The number of nitrogens with zero attached hydrogens (tertiary/aromatic N) is 1. The van der Waals surface area contributed by atoms with Gasteiger partial charge in [0, 0.05) is 5.69 Å². The summed E-state index contributed by atoms with van der Waals surface area (Å²) in [7, 11) is 0. The smallest absolute Gasteiger partial charge is 0.335 e. The molecule has 1 aromatic carbocycles. The molecule has 7 nitrogen and oxygen atoms in total. The first kappa shape index (κ1) is 20.0. The van der Waals surface area contributed by atoms with E-state index in [0.717, 1.165) is 24.2 Å². The summed E-state index contributed by atoms with van der Waals surface area (Å²) in [4.78, 5) is 31.4. The Morgan fingerprint density at radius 2 is 2.07 bits per heavy atom. The molecule has 1 unspecified atom stereocenters. The number of amides is 1. The molecule has 0 aliphatic heterocycles. The average Bonchev–Trinajstić information content (AvgIpc) is 3.39. The molecule has 0 saturated heterocycles. The minimum atomic E-state index is -1.06. The molecule has 10 heteroatoms. The first-order valence-corrected chi connectivity index (χ1v) is 10.5. The number of H-pyrrole nitrogens is 1. The monoisotopic (exact) mass is 453 g/mol. The molecule has 1 atom stereocenters. The number of aryl methyl sites for hydroxylation is 1. The maximum absolute atomic E-state index is 12.6. The Hall–Kier alpha value is -2.29. The number of nitrogens with one attached hydrogen (secondary N) is 2. The van der Waals surface area contributed by atoms with Crippen molar-refractivity contribution < 1.29 is 19.4 Å². The molecule has 152 valence electrons. The Morgan fingerprint density at radius 1 is 1.34 bits per heavy atom. The van der Waals surface area contributed by atoms with E-state index in [1.165, 1.54) is 12.1 Å². The van der Waals surface area contributed by atoms with Gasteiger partial charge in [0.05, 0.1) is 26.4 Å². The Morgan fingerprint density at radius 3 is 2.66 bits per heavy atom. The van der Waals surface area contributed by atoms with E-state index in [1.54, 1.807) is 6.92 Å². The van der Waals surface area contributed by atoms with Crippen molar-refractivity contribution in [2.24, 2.45) is 5.92 Å². The molecule has 4 rings (SSSR count). The zero-order valence-electron chi connectivity index (χ0n) is 15.5. The van der Waals surface area contributed by atoms with E-state index < -0.39 is 11.9 Å². The standard InChI is InChI=1S/C19H17Cl2N3O4S/c1-7-13(20)14(21)16(22-7)17(25)24-19-23-15-11(28-8(2)9-3-4-9)5-10(18(26)27)6-12(15)29-19/h5-6,8-9,22H,3-4H2,1-2H3,(H,26,27)(H,23,24,25). The van der Waals surface area contributed by atoms with Crippen molar-refractivity contribution in [2.75, 3.05) is 5.32 Å². The highest BCUT2D eigenvalue weighted by Gasteiger charge is 2.30. The molecule has 29 heavy (non-hydrogen) atoms. The lowest BCUT2D eigenvalue weighted by Gasteiger charge is -2.14. The van der Waals surface area contributed by atoms with Crippen molar-refractivity contribution in [1.82, 2.24) is 9.97 Å². The van der Waals surface area contributed by atoms with Gasteiger partial charge in [-0.2, -0.15) is 0 Å². The Bertz CT molecular complexity index is 1140. The predicted octanol–water partition coefficient (Wildman–Crippen LogP) is 5.37. The van der Waals surface area contributed by atoms with E-state index in [1.807, 2.05) is 6.92 Å². The fourth-order valence-corrected chi connectivity index (χ4v) is 4.35. The number of benzene rings is 1. The third kappa shape index (κ3) is 3.92. The molecular weight excluding hydrogens is 437 g/mol. The predicted molar refractivity (Wildman–Crippen MR) is 113 cm³/mol. The summed E-state index contributed by atoms with van der Waals surface area (Å²) >= 11 is 13.3. The first-order valence-electron chi connectivity index (χ1n) is 8.94. The van der Waals surface area contributed by atoms with Crippen LogP contribution in [0.15, 0.2) is 12.1 Å². The van der Waals surface area contributed by atoms with Crippen LogP contribution in [0.1, 0.15) is 46.3 Å². The number of halogens is 2. The summed E-state index contributed by atoms with van der Waals surface area (Å²) in [6, 6.07) is 2.99. The molecule has 1 aliphatic rings. The van der Waals surface area contributed by atoms with Crippen molar-refractivity contribution in [3.63, 3.8) is 0 Å². The number of rotatable bonds is 6. The second-order valence-electron chi connectivity index (χ2n) is 7.01. The number of thiazole rings is 1. The van der Waals surface area contributed by atoms with Gasteiger partial charge in [0.25, 0.3) is 5.91 Å². The van der Waals surface area contributed by atoms with Crippen molar-refractivity contribution in [1.29, 1.82) is 0 Å². The van der Waals surface area contributed by atoms with E-state index >= 15 is 0 Å². The number of carbonyl (C=O) groups is 2. The minimum Gasteiger partial charge on any atom is -0.488 e. The van der Waals surface area contributed by atoms with Gasteiger partial charge in [-0.3, -0.25) is 10.1 Å². The number of carbonyl (C=O) groups excluding carboxylic acids is 1. The number of hydrogen-bond acceptors (Lipinski definition) is 5. The molecule has 0 bridgehead atoms. The number of fused-ring (bicyclic) bond motifs is 1. The van der Waals surface area contributed by atoms with Crippen molar-refractivity contribution >= 4 is 61.8 Å². The van der Waals surface area contributed by atoms with E-state index in [0.29, 0.717) is 32.7 Å². The van der Waals surface area contributed by atoms with Crippen LogP contribution in [0.5, 0.6) is 5.75 Å². The van der Waals surface area contributed by atoms with Gasteiger partial charge >= 0.3 is 5.97 Å². The van der Waals surface area contributed by atoms with Crippen LogP contribution in [0.2, 0.25) is 10.0 Å². The number of ether oxygens (including phenoxy) is 1. The molecule has 0 radical (unpaired) electrons. The first-order chi connectivity index (χ1) is 13.7. The highest BCUT2D eigenvalue weighted by atomic mass is 35.5. The highest BCUT2D eigenvalue weighted by molar-refractivity contribution is 7.22. The van der Waals surface area contributed by atoms with Crippen LogP contribution in [-0.2, 0) is 0 Å². The molecule has 2 aromatic heterocycles. The quantitative estimate of drug-likeness (QED) is 0.465. The van der Waals surface area contributed by atoms with Crippen molar-refractivity contribution in [2.45, 2.75) is 32.8 Å². The Balaban J connectivity index is 1.67. The number of aromatic nitrogens is 2. The number of anilines is 1. The lowest BCUT2D eigenvalue weighted by atomic mass is 10.2. The Labute approximate surface area is 180 Å². The third-order valence-electron chi connectivity index (χ3n) is 4.81. The summed E-state index contributed by atoms with van der Waals surface area (Å²) in [5, 5.41) is 12.8. The van der Waals surface area contributed by atoms with E-state index in [-0.39, 0.29) is 27.4 Å². The highest BCUT2D eigenvalue weighted by Crippen LogP contribution is 2.39. The summed E-state index contributed by atoms with van der Waals surface area (Å²) in [6.07, 6.45) is 2.16. The molecule has 1 fully saturated rings.